The van der Waals surface area contributed by atoms with Gasteiger partial charge in [0.15, 0.2) is 0 Å². The van der Waals surface area contributed by atoms with Crippen LogP contribution in [0.3, 0.4) is 0 Å². The van der Waals surface area contributed by atoms with Gasteiger partial charge < -0.3 is 15.0 Å². The highest BCUT2D eigenvalue weighted by molar-refractivity contribution is 5.75. The molecule has 1 heterocycles. The second kappa shape index (κ2) is 5.56. The van der Waals surface area contributed by atoms with Gasteiger partial charge in [0.25, 0.3) is 0 Å². The highest BCUT2D eigenvalue weighted by atomic mass is 16.3. The van der Waals surface area contributed by atoms with E-state index in [0.717, 1.165) is 12.0 Å². The van der Waals surface area contributed by atoms with E-state index in [0.29, 0.717) is 13.1 Å². The molecule has 1 amide bonds. The lowest BCUT2D eigenvalue weighted by Crippen LogP contribution is -2.27. The van der Waals surface area contributed by atoms with Crippen molar-refractivity contribution in [2.75, 3.05) is 6.54 Å². The van der Waals surface area contributed by atoms with Crippen molar-refractivity contribution in [1.29, 1.82) is 0 Å². The number of carbonyl (C=O) groups is 1. The minimum absolute atomic E-state index is 0.00425. The van der Waals surface area contributed by atoms with Crippen LogP contribution in [-0.2, 0) is 11.3 Å². The average Bonchev–Trinajstić information content (AvgIpc) is 2.63. The van der Waals surface area contributed by atoms with Gasteiger partial charge in [0.2, 0.25) is 5.91 Å². The summed E-state index contributed by atoms with van der Waals surface area (Å²) in [6.07, 6.45) is 4.05. The van der Waals surface area contributed by atoms with Gasteiger partial charge in [-0.2, -0.15) is 0 Å². The summed E-state index contributed by atoms with van der Waals surface area (Å²) in [4.78, 5) is 11.4. The number of amides is 1. The fourth-order valence-electron chi connectivity index (χ4n) is 1.29. The number of aromatic nitrogens is 1. The van der Waals surface area contributed by atoms with Crippen LogP contribution in [0.15, 0.2) is 18.5 Å². The van der Waals surface area contributed by atoms with E-state index in [1.54, 1.807) is 23.9 Å². The topological polar surface area (TPSA) is 54.3 Å². The lowest BCUT2D eigenvalue weighted by atomic mass is 10.2. The summed E-state index contributed by atoms with van der Waals surface area (Å²) in [7, 11) is 0. The van der Waals surface area contributed by atoms with Crippen molar-refractivity contribution in [3.05, 3.63) is 24.0 Å². The molecule has 84 valence electrons. The van der Waals surface area contributed by atoms with Gasteiger partial charge in [0, 0.05) is 18.9 Å². The summed E-state index contributed by atoms with van der Waals surface area (Å²) in [5.41, 5.74) is 0.832. The van der Waals surface area contributed by atoms with Crippen LogP contribution in [0.1, 0.15) is 31.9 Å². The maximum absolute atomic E-state index is 11.4. The Morgan fingerprint density at radius 3 is 2.93 bits per heavy atom. The summed E-state index contributed by atoms with van der Waals surface area (Å²) in [5.74, 6) is 0.00425. The van der Waals surface area contributed by atoms with Crippen LogP contribution in [0.2, 0.25) is 0 Å². The summed E-state index contributed by atoms with van der Waals surface area (Å²) in [6.45, 7) is 4.74. The third kappa shape index (κ3) is 3.75. The molecule has 1 rings (SSSR count). The zero-order valence-electron chi connectivity index (χ0n) is 9.23. The number of aliphatic hydroxyl groups excluding tert-OH is 1. The maximum atomic E-state index is 11.4. The van der Waals surface area contributed by atoms with E-state index in [9.17, 15) is 9.90 Å². The van der Waals surface area contributed by atoms with Crippen LogP contribution >= 0.6 is 0 Å². The average molecular weight is 210 g/mol. The van der Waals surface area contributed by atoms with Gasteiger partial charge in [-0.25, -0.2) is 0 Å². The lowest BCUT2D eigenvalue weighted by molar-refractivity contribution is -0.121. The third-order valence-corrected chi connectivity index (χ3v) is 2.15. The van der Waals surface area contributed by atoms with Gasteiger partial charge in [0.1, 0.15) is 6.54 Å². The second-order valence-corrected chi connectivity index (χ2v) is 3.64. The molecule has 2 N–H and O–H groups in total. The van der Waals surface area contributed by atoms with Gasteiger partial charge >= 0.3 is 0 Å². The molecule has 0 aromatic carbocycles. The Kier molecular flexibility index (Phi) is 4.37. The van der Waals surface area contributed by atoms with Crippen molar-refractivity contribution in [3.8, 4) is 0 Å². The first-order valence-corrected chi connectivity index (χ1v) is 5.24. The molecule has 0 radical (unpaired) electrons. The Labute approximate surface area is 89.9 Å². The van der Waals surface area contributed by atoms with Crippen LogP contribution in [0.25, 0.3) is 0 Å². The van der Waals surface area contributed by atoms with Crippen LogP contribution in [0, 0.1) is 0 Å². The monoisotopic (exact) mass is 210 g/mol. The Hall–Kier alpha value is -1.29. The number of nitrogens with zero attached hydrogens (tertiary/aromatic N) is 1. The van der Waals surface area contributed by atoms with Gasteiger partial charge in [-0.15, -0.1) is 0 Å². The lowest BCUT2D eigenvalue weighted by Gasteiger charge is -2.04. The molecule has 0 aliphatic rings. The minimum atomic E-state index is -0.482. The van der Waals surface area contributed by atoms with E-state index in [2.05, 4.69) is 5.32 Å². The van der Waals surface area contributed by atoms with Gasteiger partial charge in [-0.3, -0.25) is 4.79 Å². The number of rotatable bonds is 5. The minimum Gasteiger partial charge on any atom is -0.389 e. The van der Waals surface area contributed by atoms with E-state index < -0.39 is 6.10 Å². The fraction of sp³-hybridized carbons (Fsp3) is 0.545. The Morgan fingerprint density at radius 1 is 1.67 bits per heavy atom. The third-order valence-electron chi connectivity index (χ3n) is 2.15. The molecule has 0 aliphatic heterocycles. The van der Waals surface area contributed by atoms with Crippen molar-refractivity contribution in [2.45, 2.75) is 32.9 Å². The molecule has 1 aromatic heterocycles. The molecule has 0 fully saturated rings. The van der Waals surface area contributed by atoms with Crippen molar-refractivity contribution in [2.24, 2.45) is 0 Å². The number of nitrogens with one attached hydrogen (secondary N) is 1. The first kappa shape index (κ1) is 11.8. The smallest absolute Gasteiger partial charge is 0.239 e. The van der Waals surface area contributed by atoms with Crippen molar-refractivity contribution in [1.82, 2.24) is 9.88 Å². The molecule has 0 spiro atoms. The standard InChI is InChI=1S/C11H18N2O2/c1-3-5-12-11(15)8-13-6-4-10(7-13)9(2)14/h4,6-7,9,14H,3,5,8H2,1-2H3,(H,12,15). The molecule has 0 aliphatic carbocycles. The molecule has 1 atom stereocenters. The van der Waals surface area contributed by atoms with E-state index >= 15 is 0 Å². The first-order valence-electron chi connectivity index (χ1n) is 5.24. The van der Waals surface area contributed by atoms with Crippen molar-refractivity contribution < 1.29 is 9.90 Å². The van der Waals surface area contributed by atoms with Crippen molar-refractivity contribution in [3.63, 3.8) is 0 Å². The van der Waals surface area contributed by atoms with Crippen LogP contribution in [0.5, 0.6) is 0 Å². The van der Waals surface area contributed by atoms with Crippen LogP contribution < -0.4 is 5.32 Å². The Balaban J connectivity index is 2.46. The second-order valence-electron chi connectivity index (χ2n) is 3.64. The van der Waals surface area contributed by atoms with E-state index in [1.807, 2.05) is 13.0 Å². The molecule has 0 saturated carbocycles. The van der Waals surface area contributed by atoms with Crippen LogP contribution in [0.4, 0.5) is 0 Å². The van der Waals surface area contributed by atoms with Gasteiger partial charge in [-0.05, 0) is 25.0 Å². The quantitative estimate of drug-likeness (QED) is 0.763. The van der Waals surface area contributed by atoms with Gasteiger partial charge in [-0.1, -0.05) is 6.92 Å². The SMILES string of the molecule is CCCNC(=O)Cn1ccc(C(C)O)c1. The zero-order chi connectivity index (χ0) is 11.3. The zero-order valence-corrected chi connectivity index (χ0v) is 9.23. The molecular formula is C11H18N2O2. The van der Waals surface area contributed by atoms with Crippen molar-refractivity contribution >= 4 is 5.91 Å². The number of carbonyl (C=O) groups excluding carboxylic acids is 1. The maximum Gasteiger partial charge on any atom is 0.239 e. The molecule has 1 unspecified atom stereocenters. The number of aliphatic hydroxyl groups is 1. The Morgan fingerprint density at radius 2 is 2.40 bits per heavy atom. The molecule has 0 saturated heterocycles. The summed E-state index contributed by atoms with van der Waals surface area (Å²) in [5, 5.41) is 12.1. The Bertz CT molecular complexity index is 318. The van der Waals surface area contributed by atoms with E-state index in [-0.39, 0.29) is 5.91 Å². The summed E-state index contributed by atoms with van der Waals surface area (Å²) >= 11 is 0. The van der Waals surface area contributed by atoms with E-state index in [1.165, 1.54) is 0 Å². The predicted octanol–water partition coefficient (Wildman–Crippen LogP) is 1.07. The fourth-order valence-corrected chi connectivity index (χ4v) is 1.29. The number of hydrogen-bond donors (Lipinski definition) is 2. The highest BCUT2D eigenvalue weighted by Gasteiger charge is 2.05. The normalized spacial score (nSPS) is 12.5. The number of hydrogen-bond acceptors (Lipinski definition) is 2. The predicted molar refractivity (Wildman–Crippen MR) is 58.4 cm³/mol. The molecule has 15 heavy (non-hydrogen) atoms. The first-order chi connectivity index (χ1) is 7.13. The summed E-state index contributed by atoms with van der Waals surface area (Å²) < 4.78 is 1.77. The molecule has 0 bridgehead atoms. The highest BCUT2D eigenvalue weighted by Crippen LogP contribution is 2.11. The van der Waals surface area contributed by atoms with Crippen LogP contribution in [-0.4, -0.2) is 22.1 Å². The molecule has 4 nitrogen and oxygen atoms in total. The van der Waals surface area contributed by atoms with E-state index in [4.69, 9.17) is 0 Å². The molecule has 4 heteroatoms. The van der Waals surface area contributed by atoms with Gasteiger partial charge in [0.05, 0.1) is 6.10 Å². The largest absolute Gasteiger partial charge is 0.389 e. The molecule has 1 aromatic rings. The molecular weight excluding hydrogens is 192 g/mol. The summed E-state index contributed by atoms with van der Waals surface area (Å²) in [6, 6.07) is 1.82.